The maximum Gasteiger partial charge on any atom is 2.00 e. The number of para-hydroxylation sites is 4. The van der Waals surface area contributed by atoms with Crippen LogP contribution in [0.25, 0.3) is 22.8 Å². The first-order valence-corrected chi connectivity index (χ1v) is 28.7. The summed E-state index contributed by atoms with van der Waals surface area (Å²) in [5.41, 5.74) is 7.66. The molecule has 0 aliphatic heterocycles. The van der Waals surface area contributed by atoms with Crippen molar-refractivity contribution in [1.29, 1.82) is 0 Å². The van der Waals surface area contributed by atoms with E-state index in [2.05, 4.69) is 41.2 Å². The normalized spacial score (nSPS) is 9.56. The molecule has 4 N–H and O–H groups in total. The molecule has 0 saturated heterocycles. The number of aryl methyl sites for hydroxylation is 4. The summed E-state index contributed by atoms with van der Waals surface area (Å²) in [7, 11) is -1.22. The fraction of sp³-hybridized carbons (Fsp3) is 0.133. The second kappa shape index (κ2) is 41.5. The topological polar surface area (TPSA) is 363 Å². The maximum absolute atomic E-state index is 11.3. The van der Waals surface area contributed by atoms with Crippen molar-refractivity contribution in [3.05, 3.63) is 217 Å². The molecule has 86 heavy (non-hydrogen) atoms. The summed E-state index contributed by atoms with van der Waals surface area (Å²) >= 11 is 0. The molecular formula is C60H56N8Ni2O14S2. The Morgan fingerprint density at radius 3 is 0.628 bits per heavy atom. The average Bonchev–Trinajstić information content (AvgIpc) is 3.70. The van der Waals surface area contributed by atoms with Crippen molar-refractivity contribution < 1.29 is 100 Å². The van der Waals surface area contributed by atoms with Crippen molar-refractivity contribution in [2.24, 2.45) is 0 Å². The largest absolute Gasteiger partial charge is 2.00 e. The monoisotopic (exact) mass is 1290 g/mol. The third-order valence-corrected chi connectivity index (χ3v) is 10.3. The molecule has 4 heterocycles. The van der Waals surface area contributed by atoms with E-state index in [9.17, 15) is 67.2 Å². The third kappa shape index (κ3) is 29.7. The number of carboxylic acid groups (broad SMARTS) is 4. The van der Waals surface area contributed by atoms with Gasteiger partial charge >= 0.3 is 33.0 Å². The van der Waals surface area contributed by atoms with Gasteiger partial charge in [0.25, 0.3) is 23.6 Å². The van der Waals surface area contributed by atoms with Crippen LogP contribution in [0.5, 0.6) is 0 Å². The SMILES string of the molecule is CS(C)=O.CS(C)=O.O=C([O-])C(=O)Nc1ccccc1CCc1ccccc1NC(=O)C(=O)[O-].O=C([O-])C(=O)Nc1ccccc1CCc1ccccc1NC(=O)C(=O)[O-].[Ni+2].[Ni+2].c1ccc(-c2ccccn2)nc1.c1ccc(-c2ccccn2)nc1. The summed E-state index contributed by atoms with van der Waals surface area (Å²) in [5.74, 6) is -12.4. The van der Waals surface area contributed by atoms with Gasteiger partial charge in [-0.05, 0) is 121 Å². The molecule has 26 heteroatoms. The average molecular weight is 1290 g/mol. The van der Waals surface area contributed by atoms with E-state index in [0.29, 0.717) is 70.7 Å². The van der Waals surface area contributed by atoms with Gasteiger partial charge < -0.3 is 60.9 Å². The van der Waals surface area contributed by atoms with Crippen LogP contribution < -0.4 is 41.7 Å². The predicted molar refractivity (Wildman–Crippen MR) is 310 cm³/mol. The van der Waals surface area contributed by atoms with E-state index in [1.54, 1.807) is 147 Å². The Hall–Kier alpha value is -9.47. The van der Waals surface area contributed by atoms with Crippen molar-refractivity contribution in [2.45, 2.75) is 25.7 Å². The van der Waals surface area contributed by atoms with Gasteiger partial charge in [-0.15, -0.1) is 0 Å². The number of rotatable bonds is 12. The first-order chi connectivity index (χ1) is 40.2. The van der Waals surface area contributed by atoms with E-state index in [4.69, 9.17) is 0 Å². The quantitative estimate of drug-likeness (QED) is 0.100. The first kappa shape index (κ1) is 74.5. The first-order valence-electron chi connectivity index (χ1n) is 24.7. The Bertz CT molecular complexity index is 3050. The number of carboxylic acids is 4. The molecule has 0 radical (unpaired) electrons. The number of hydrogen-bond donors (Lipinski definition) is 4. The Balaban J connectivity index is 0.000000570. The van der Waals surface area contributed by atoms with Crippen molar-refractivity contribution in [3.8, 4) is 22.8 Å². The van der Waals surface area contributed by atoms with Crippen LogP contribution in [0, 0.1) is 0 Å². The number of anilines is 4. The van der Waals surface area contributed by atoms with Crippen LogP contribution in [0.2, 0.25) is 0 Å². The summed E-state index contributed by atoms with van der Waals surface area (Å²) < 4.78 is 19.1. The van der Waals surface area contributed by atoms with Crippen LogP contribution in [-0.2, 0) is 119 Å². The second-order valence-corrected chi connectivity index (χ2v) is 19.9. The van der Waals surface area contributed by atoms with E-state index in [0.717, 1.165) is 22.8 Å². The Kier molecular flexibility index (Phi) is 36.0. The number of nitrogens with zero attached hydrogens (tertiary/aromatic N) is 4. The van der Waals surface area contributed by atoms with E-state index < -0.39 is 69.1 Å². The summed E-state index contributed by atoms with van der Waals surface area (Å²) in [6.45, 7) is 0. The molecule has 452 valence electrons. The van der Waals surface area contributed by atoms with Crippen LogP contribution >= 0.6 is 0 Å². The molecule has 4 amide bonds. The molecule has 0 aliphatic rings. The van der Waals surface area contributed by atoms with Gasteiger partial charge in [-0.2, -0.15) is 0 Å². The molecule has 0 bridgehead atoms. The molecule has 0 atom stereocenters. The van der Waals surface area contributed by atoms with Crippen molar-refractivity contribution >= 4 is 91.9 Å². The van der Waals surface area contributed by atoms with Gasteiger partial charge in [0.05, 0.1) is 22.8 Å². The predicted octanol–water partition coefficient (Wildman–Crippen LogP) is 1.97. The summed E-state index contributed by atoms with van der Waals surface area (Å²) in [6, 6.07) is 49.8. The molecule has 0 spiro atoms. The van der Waals surface area contributed by atoms with Gasteiger partial charge in [0.1, 0.15) is 23.9 Å². The zero-order chi connectivity index (χ0) is 61.8. The number of carbonyl (C=O) groups is 8. The van der Waals surface area contributed by atoms with Crippen LogP contribution in [0.15, 0.2) is 195 Å². The number of pyridine rings is 4. The second-order valence-electron chi connectivity index (χ2n) is 16.9. The molecule has 0 saturated carbocycles. The van der Waals surface area contributed by atoms with E-state index in [1.165, 1.54) is 0 Å². The zero-order valence-corrected chi connectivity index (χ0v) is 49.9. The number of amides is 4. The molecule has 0 unspecified atom stereocenters. The number of aliphatic carboxylic acids is 4. The van der Waals surface area contributed by atoms with Gasteiger partial charge in [0.15, 0.2) is 0 Å². The molecule has 4 aromatic carbocycles. The standard InChI is InChI=1S/2C18H16N2O6.2C10H8N2.2C2H6OS.2Ni/c2*21-15(17(23)24)19-13-7-3-1-5-11(13)9-10-12-6-2-4-8-14(12)20-16(22)18(25)26;2*1-3-7-11-9(5-1)10-6-2-4-8-12-10;2*1-4(2)3;;/h2*1-8H,9-10H2,(H,19,21)(H,20,22)(H,23,24)(H,25,26);2*1-8H;2*1-2H3;;/q;;;;;;2*+2/p-4. The Labute approximate surface area is 520 Å². The molecule has 8 rings (SSSR count). The minimum atomic E-state index is -1.84. The van der Waals surface area contributed by atoms with Crippen LogP contribution in [0.1, 0.15) is 22.3 Å². The maximum atomic E-state index is 11.3. The number of carbonyl (C=O) groups excluding carboxylic acids is 8. The third-order valence-electron chi connectivity index (χ3n) is 10.3. The van der Waals surface area contributed by atoms with Gasteiger partial charge in [-0.1, -0.05) is 97.1 Å². The van der Waals surface area contributed by atoms with Crippen LogP contribution in [-0.4, -0.2) is 101 Å². The molecule has 0 aliphatic carbocycles. The van der Waals surface area contributed by atoms with E-state index in [1.807, 2.05) is 72.8 Å². The van der Waals surface area contributed by atoms with Crippen molar-refractivity contribution in [3.63, 3.8) is 0 Å². The van der Waals surface area contributed by atoms with Gasteiger partial charge in [-0.25, -0.2) is 0 Å². The van der Waals surface area contributed by atoms with Crippen LogP contribution in [0.4, 0.5) is 22.7 Å². The Morgan fingerprint density at radius 1 is 0.314 bits per heavy atom. The van der Waals surface area contributed by atoms with Gasteiger partial charge in [0.2, 0.25) is 0 Å². The van der Waals surface area contributed by atoms with Gasteiger partial charge in [-0.3, -0.25) is 47.5 Å². The molecule has 22 nitrogen and oxygen atoms in total. The number of hydrogen-bond acceptors (Lipinski definition) is 18. The van der Waals surface area contributed by atoms with E-state index >= 15 is 0 Å². The van der Waals surface area contributed by atoms with Crippen LogP contribution in [0.3, 0.4) is 0 Å². The fourth-order valence-electron chi connectivity index (χ4n) is 6.73. The molecule has 0 fully saturated rings. The Morgan fingerprint density at radius 2 is 0.477 bits per heavy atom. The number of aromatic nitrogens is 4. The minimum absolute atomic E-state index is 0. The zero-order valence-electron chi connectivity index (χ0n) is 46.3. The molecular weight excluding hydrogens is 1240 g/mol. The summed E-state index contributed by atoms with van der Waals surface area (Å²) in [6.07, 6.45) is 15.2. The molecule has 4 aromatic heterocycles. The fourth-order valence-corrected chi connectivity index (χ4v) is 6.73. The summed E-state index contributed by atoms with van der Waals surface area (Å²) in [5, 5.41) is 51.3. The number of benzene rings is 4. The van der Waals surface area contributed by atoms with Gasteiger partial charge in [0, 0.05) is 94.2 Å². The smallest absolute Gasteiger partial charge is 0.540 e. The van der Waals surface area contributed by atoms with Crippen molar-refractivity contribution in [2.75, 3.05) is 46.3 Å². The molecule has 8 aromatic rings. The summed E-state index contributed by atoms with van der Waals surface area (Å²) in [4.78, 5) is 104. The van der Waals surface area contributed by atoms with E-state index in [-0.39, 0.29) is 33.0 Å². The number of nitrogens with one attached hydrogen (secondary N) is 4. The van der Waals surface area contributed by atoms with Crippen molar-refractivity contribution in [1.82, 2.24) is 19.9 Å². The minimum Gasteiger partial charge on any atom is -0.540 e.